The molecule has 66 valence electrons. The summed E-state index contributed by atoms with van der Waals surface area (Å²) in [6.45, 7) is -0.258. The summed E-state index contributed by atoms with van der Waals surface area (Å²) in [4.78, 5) is 10.3. The third-order valence-electron chi connectivity index (χ3n) is 1.41. The third kappa shape index (κ3) is 1.63. The summed E-state index contributed by atoms with van der Waals surface area (Å²) < 4.78 is 4.90. The maximum Gasteiger partial charge on any atom is 0.328 e. The Morgan fingerprint density at radius 1 is 1.67 bits per heavy atom. The van der Waals surface area contributed by atoms with Crippen LogP contribution in [0.15, 0.2) is 16.5 Å². The Morgan fingerprint density at radius 3 is 2.75 bits per heavy atom. The first-order valence-corrected chi connectivity index (χ1v) is 3.33. The monoisotopic (exact) mass is 171 g/mol. The highest BCUT2D eigenvalue weighted by atomic mass is 16.4. The molecule has 1 heterocycles. The van der Waals surface area contributed by atoms with Crippen molar-refractivity contribution in [2.75, 3.05) is 0 Å². The van der Waals surface area contributed by atoms with Gasteiger partial charge in [0.05, 0.1) is 0 Å². The van der Waals surface area contributed by atoms with E-state index in [4.69, 9.17) is 20.4 Å². The number of hydrogen-bond acceptors (Lipinski definition) is 4. The van der Waals surface area contributed by atoms with E-state index < -0.39 is 12.0 Å². The predicted octanol–water partition coefficient (Wildman–Crippen LogP) is -0.144. The fourth-order valence-electron chi connectivity index (χ4n) is 0.768. The maximum atomic E-state index is 10.3. The van der Waals surface area contributed by atoms with Crippen molar-refractivity contribution in [1.29, 1.82) is 0 Å². The van der Waals surface area contributed by atoms with Crippen molar-refractivity contribution in [2.24, 2.45) is 5.73 Å². The van der Waals surface area contributed by atoms with Gasteiger partial charge in [-0.2, -0.15) is 0 Å². The minimum absolute atomic E-state index is 0.145. The van der Waals surface area contributed by atoms with Gasteiger partial charge in [0.2, 0.25) is 0 Å². The van der Waals surface area contributed by atoms with Crippen LogP contribution >= 0.6 is 0 Å². The van der Waals surface area contributed by atoms with Crippen molar-refractivity contribution in [1.82, 2.24) is 0 Å². The molecule has 0 saturated carbocycles. The molecular weight excluding hydrogens is 162 g/mol. The van der Waals surface area contributed by atoms with Crippen molar-refractivity contribution in [3.05, 3.63) is 23.7 Å². The predicted molar refractivity (Wildman–Crippen MR) is 39.2 cm³/mol. The molecule has 1 aromatic heterocycles. The number of furan rings is 1. The Labute approximate surface area is 68.4 Å². The number of nitrogens with two attached hydrogens (primary N) is 1. The zero-order valence-corrected chi connectivity index (χ0v) is 6.23. The van der Waals surface area contributed by atoms with Gasteiger partial charge in [-0.05, 0) is 12.1 Å². The number of carboxylic acids is 1. The Balaban J connectivity index is 2.81. The summed E-state index contributed by atoms with van der Waals surface area (Å²) in [5.74, 6) is -0.706. The normalized spacial score (nSPS) is 12.8. The zero-order chi connectivity index (χ0) is 9.14. The molecule has 1 unspecified atom stereocenters. The van der Waals surface area contributed by atoms with Crippen LogP contribution in [0.4, 0.5) is 0 Å². The van der Waals surface area contributed by atoms with E-state index >= 15 is 0 Å². The molecule has 0 radical (unpaired) electrons. The highest BCUT2D eigenvalue weighted by molar-refractivity contribution is 5.74. The summed E-state index contributed by atoms with van der Waals surface area (Å²) in [6, 6.07) is 1.76. The molecule has 0 saturated heterocycles. The van der Waals surface area contributed by atoms with Crippen molar-refractivity contribution >= 4 is 5.97 Å². The average Bonchev–Trinajstić information content (AvgIpc) is 2.50. The van der Waals surface area contributed by atoms with Gasteiger partial charge in [0.1, 0.15) is 18.1 Å². The smallest absolute Gasteiger partial charge is 0.328 e. The number of rotatable bonds is 3. The van der Waals surface area contributed by atoms with Crippen LogP contribution in [0.5, 0.6) is 0 Å². The molecule has 5 heteroatoms. The molecule has 0 bridgehead atoms. The SMILES string of the molecule is NC(C(=O)O)c1ccc(CO)o1. The molecule has 0 aromatic carbocycles. The average molecular weight is 171 g/mol. The van der Waals surface area contributed by atoms with Crippen molar-refractivity contribution < 1.29 is 19.4 Å². The van der Waals surface area contributed by atoms with E-state index in [0.717, 1.165) is 0 Å². The summed E-state index contributed by atoms with van der Waals surface area (Å²) in [6.07, 6.45) is 0. The lowest BCUT2D eigenvalue weighted by Crippen LogP contribution is -2.19. The van der Waals surface area contributed by atoms with Crippen LogP contribution in [0, 0.1) is 0 Å². The first-order valence-electron chi connectivity index (χ1n) is 3.33. The highest BCUT2D eigenvalue weighted by Gasteiger charge is 2.17. The molecule has 12 heavy (non-hydrogen) atoms. The summed E-state index contributed by atoms with van der Waals surface area (Å²) >= 11 is 0. The highest BCUT2D eigenvalue weighted by Crippen LogP contribution is 2.14. The van der Waals surface area contributed by atoms with Crippen LogP contribution in [-0.2, 0) is 11.4 Å². The van der Waals surface area contributed by atoms with Gasteiger partial charge in [-0.15, -0.1) is 0 Å². The number of aliphatic hydroxyl groups excluding tert-OH is 1. The molecule has 4 N–H and O–H groups in total. The van der Waals surface area contributed by atoms with E-state index in [2.05, 4.69) is 0 Å². The second kappa shape index (κ2) is 3.38. The molecule has 0 aliphatic heterocycles. The topological polar surface area (TPSA) is 96.7 Å². The quantitative estimate of drug-likeness (QED) is 0.588. The lowest BCUT2D eigenvalue weighted by Gasteiger charge is -2.00. The van der Waals surface area contributed by atoms with Gasteiger partial charge < -0.3 is 20.4 Å². The first-order chi connectivity index (χ1) is 5.65. The minimum Gasteiger partial charge on any atom is -0.480 e. The van der Waals surface area contributed by atoms with Crippen LogP contribution in [-0.4, -0.2) is 16.2 Å². The molecule has 0 spiro atoms. The zero-order valence-electron chi connectivity index (χ0n) is 6.23. The largest absolute Gasteiger partial charge is 0.480 e. The summed E-state index contributed by atoms with van der Waals surface area (Å²) in [7, 11) is 0. The molecule has 1 atom stereocenters. The maximum absolute atomic E-state index is 10.3. The van der Waals surface area contributed by atoms with Gasteiger partial charge in [-0.3, -0.25) is 4.79 Å². The van der Waals surface area contributed by atoms with Crippen LogP contribution < -0.4 is 5.73 Å². The van der Waals surface area contributed by atoms with Gasteiger partial charge in [0.25, 0.3) is 0 Å². The number of hydrogen-bond donors (Lipinski definition) is 3. The van der Waals surface area contributed by atoms with Crippen molar-refractivity contribution in [3.63, 3.8) is 0 Å². The van der Waals surface area contributed by atoms with Crippen LogP contribution in [0.3, 0.4) is 0 Å². The van der Waals surface area contributed by atoms with Crippen molar-refractivity contribution in [3.8, 4) is 0 Å². The fourth-order valence-corrected chi connectivity index (χ4v) is 0.768. The number of aliphatic carboxylic acids is 1. The van der Waals surface area contributed by atoms with Gasteiger partial charge in [-0.25, -0.2) is 0 Å². The van der Waals surface area contributed by atoms with Crippen LogP contribution in [0.2, 0.25) is 0 Å². The van der Waals surface area contributed by atoms with Gasteiger partial charge in [-0.1, -0.05) is 0 Å². The molecule has 5 nitrogen and oxygen atoms in total. The fraction of sp³-hybridized carbons (Fsp3) is 0.286. The van der Waals surface area contributed by atoms with Gasteiger partial charge in [0, 0.05) is 0 Å². The Kier molecular flexibility index (Phi) is 2.47. The lowest BCUT2D eigenvalue weighted by atomic mass is 10.2. The van der Waals surface area contributed by atoms with Gasteiger partial charge in [0.15, 0.2) is 6.04 Å². The van der Waals surface area contributed by atoms with Gasteiger partial charge >= 0.3 is 5.97 Å². The van der Waals surface area contributed by atoms with E-state index in [1.165, 1.54) is 12.1 Å². The van der Waals surface area contributed by atoms with E-state index in [1.54, 1.807) is 0 Å². The molecule has 1 aromatic rings. The van der Waals surface area contributed by atoms with Crippen LogP contribution in [0.25, 0.3) is 0 Å². The number of aliphatic hydroxyl groups is 1. The van der Waals surface area contributed by atoms with E-state index in [0.29, 0.717) is 5.76 Å². The first kappa shape index (κ1) is 8.76. The standard InChI is InChI=1S/C7H9NO4/c8-6(7(10)11)5-2-1-4(3-9)12-5/h1-2,6,9H,3,8H2,(H,10,11). The Hall–Kier alpha value is -1.33. The second-order valence-electron chi connectivity index (χ2n) is 2.28. The molecular formula is C7H9NO4. The summed E-state index contributed by atoms with van der Waals surface area (Å²) in [5, 5.41) is 17.1. The Morgan fingerprint density at radius 2 is 2.33 bits per heavy atom. The van der Waals surface area contributed by atoms with Crippen LogP contribution in [0.1, 0.15) is 17.6 Å². The number of carbonyl (C=O) groups is 1. The minimum atomic E-state index is -1.16. The molecule has 0 fully saturated rings. The molecule has 0 aliphatic rings. The molecule has 1 rings (SSSR count). The number of carboxylic acid groups (broad SMARTS) is 1. The molecule has 0 aliphatic carbocycles. The lowest BCUT2D eigenvalue weighted by molar-refractivity contribution is -0.139. The summed E-state index contributed by atoms with van der Waals surface area (Å²) in [5.41, 5.74) is 5.23. The van der Waals surface area contributed by atoms with Crippen molar-refractivity contribution in [2.45, 2.75) is 12.6 Å². The second-order valence-corrected chi connectivity index (χ2v) is 2.28. The van der Waals surface area contributed by atoms with E-state index in [9.17, 15) is 4.79 Å². The van der Waals surface area contributed by atoms with E-state index in [1.807, 2.05) is 0 Å². The third-order valence-corrected chi connectivity index (χ3v) is 1.41. The Bertz CT molecular complexity index is 281. The molecule has 0 amide bonds. The van der Waals surface area contributed by atoms with E-state index in [-0.39, 0.29) is 12.4 Å².